The first kappa shape index (κ1) is 17.7. The van der Waals surface area contributed by atoms with Crippen molar-refractivity contribution in [2.24, 2.45) is 0 Å². The minimum atomic E-state index is -0.119. The van der Waals surface area contributed by atoms with Gasteiger partial charge in [-0.25, -0.2) is 4.98 Å². The fraction of sp³-hybridized carbons (Fsp3) is 0.318. The SMILES string of the molecule is O=C1COc2ccccc2N1CCC(=O)N1CCCC1c1nc2ccccc2[nH]1. The Balaban J connectivity index is 1.31. The summed E-state index contributed by atoms with van der Waals surface area (Å²) in [5.41, 5.74) is 2.63. The maximum atomic E-state index is 13.0. The molecule has 0 saturated carbocycles. The quantitative estimate of drug-likeness (QED) is 0.743. The predicted octanol–water partition coefficient (Wildman–Crippen LogP) is 3.04. The monoisotopic (exact) mass is 390 g/mol. The number of ether oxygens (including phenoxy) is 1. The van der Waals surface area contributed by atoms with E-state index in [0.29, 0.717) is 18.8 Å². The summed E-state index contributed by atoms with van der Waals surface area (Å²) in [5.74, 6) is 1.45. The number of benzene rings is 2. The standard InChI is InChI=1S/C22H22N4O3/c27-20(11-13-26-17-8-3-4-10-19(17)29-14-21(26)28)25-12-5-9-18(25)22-23-15-6-1-2-7-16(15)24-22/h1-4,6-8,10,18H,5,9,11-14H2,(H,23,24). The second kappa shape index (κ2) is 7.24. The summed E-state index contributed by atoms with van der Waals surface area (Å²) in [6, 6.07) is 15.3. The van der Waals surface area contributed by atoms with Crippen LogP contribution in [0, 0.1) is 0 Å². The molecule has 148 valence electrons. The Kier molecular flexibility index (Phi) is 4.42. The van der Waals surface area contributed by atoms with Gasteiger partial charge in [0.2, 0.25) is 5.91 Å². The van der Waals surface area contributed by atoms with E-state index in [4.69, 9.17) is 4.74 Å². The third-order valence-corrected chi connectivity index (χ3v) is 5.65. The summed E-state index contributed by atoms with van der Waals surface area (Å²) in [6.45, 7) is 1.08. The van der Waals surface area contributed by atoms with Crippen LogP contribution in [0.1, 0.15) is 31.1 Å². The zero-order valence-corrected chi connectivity index (χ0v) is 16.0. The molecule has 7 heteroatoms. The van der Waals surface area contributed by atoms with Gasteiger partial charge in [-0.2, -0.15) is 0 Å². The molecular weight excluding hydrogens is 368 g/mol. The number of likely N-dealkylation sites (tertiary alicyclic amines) is 1. The van der Waals surface area contributed by atoms with Crippen molar-refractivity contribution in [3.05, 3.63) is 54.4 Å². The number of anilines is 1. The van der Waals surface area contributed by atoms with E-state index in [9.17, 15) is 9.59 Å². The van der Waals surface area contributed by atoms with Crippen molar-refractivity contribution < 1.29 is 14.3 Å². The molecule has 1 N–H and O–H groups in total. The first-order valence-corrected chi connectivity index (χ1v) is 9.97. The van der Waals surface area contributed by atoms with Crippen LogP contribution in [-0.4, -0.2) is 46.4 Å². The molecule has 3 heterocycles. The lowest BCUT2D eigenvalue weighted by Crippen LogP contribution is -2.41. The van der Waals surface area contributed by atoms with E-state index in [0.717, 1.165) is 35.4 Å². The Labute approximate surface area is 168 Å². The van der Waals surface area contributed by atoms with Gasteiger partial charge in [0.15, 0.2) is 6.61 Å². The minimum absolute atomic E-state index is 0.0104. The highest BCUT2D eigenvalue weighted by Gasteiger charge is 2.33. The summed E-state index contributed by atoms with van der Waals surface area (Å²) in [7, 11) is 0. The lowest BCUT2D eigenvalue weighted by Gasteiger charge is -2.30. The number of fused-ring (bicyclic) bond motifs is 2. The molecule has 2 aromatic carbocycles. The van der Waals surface area contributed by atoms with Gasteiger partial charge in [0.25, 0.3) is 5.91 Å². The summed E-state index contributed by atoms with van der Waals surface area (Å²) >= 11 is 0. The Hall–Kier alpha value is -3.35. The molecule has 1 fully saturated rings. The molecule has 2 aliphatic rings. The van der Waals surface area contributed by atoms with Crippen LogP contribution in [-0.2, 0) is 9.59 Å². The number of aromatic amines is 1. The lowest BCUT2D eigenvalue weighted by atomic mass is 10.2. The number of imidazole rings is 1. The van der Waals surface area contributed by atoms with Crippen molar-refractivity contribution in [3.63, 3.8) is 0 Å². The molecule has 2 amide bonds. The normalized spacial score (nSPS) is 18.8. The summed E-state index contributed by atoms with van der Waals surface area (Å²) in [5, 5.41) is 0. The number of hydrogen-bond donors (Lipinski definition) is 1. The van der Waals surface area contributed by atoms with Crippen LogP contribution < -0.4 is 9.64 Å². The summed E-state index contributed by atoms with van der Waals surface area (Å²) < 4.78 is 5.48. The van der Waals surface area contributed by atoms with Gasteiger partial charge in [-0.05, 0) is 37.1 Å². The van der Waals surface area contributed by atoms with Crippen molar-refractivity contribution in [1.82, 2.24) is 14.9 Å². The third kappa shape index (κ3) is 3.22. The maximum Gasteiger partial charge on any atom is 0.265 e. The van der Waals surface area contributed by atoms with E-state index < -0.39 is 0 Å². The smallest absolute Gasteiger partial charge is 0.265 e. The predicted molar refractivity (Wildman–Crippen MR) is 109 cm³/mol. The van der Waals surface area contributed by atoms with Gasteiger partial charge in [0.1, 0.15) is 11.6 Å². The molecule has 0 spiro atoms. The number of amides is 2. The van der Waals surface area contributed by atoms with Gasteiger partial charge < -0.3 is 19.5 Å². The molecule has 1 unspecified atom stereocenters. The average Bonchev–Trinajstić information content (AvgIpc) is 3.39. The second-order valence-corrected chi connectivity index (χ2v) is 7.44. The van der Waals surface area contributed by atoms with E-state index in [2.05, 4.69) is 9.97 Å². The number of rotatable bonds is 4. The van der Waals surface area contributed by atoms with Gasteiger partial charge in [-0.3, -0.25) is 9.59 Å². The minimum Gasteiger partial charge on any atom is -0.482 e. The van der Waals surface area contributed by atoms with Crippen LogP contribution in [0.25, 0.3) is 11.0 Å². The second-order valence-electron chi connectivity index (χ2n) is 7.44. The van der Waals surface area contributed by atoms with Crippen LogP contribution in [0.15, 0.2) is 48.5 Å². The number of carbonyl (C=O) groups is 2. The van der Waals surface area contributed by atoms with Gasteiger partial charge in [-0.1, -0.05) is 24.3 Å². The van der Waals surface area contributed by atoms with Crippen LogP contribution in [0.2, 0.25) is 0 Å². The van der Waals surface area contributed by atoms with Crippen molar-refractivity contribution in [1.29, 1.82) is 0 Å². The number of aromatic nitrogens is 2. The van der Waals surface area contributed by atoms with Crippen molar-refractivity contribution in [2.75, 3.05) is 24.6 Å². The molecule has 0 bridgehead atoms. The first-order chi connectivity index (χ1) is 14.2. The topological polar surface area (TPSA) is 78.5 Å². The van der Waals surface area contributed by atoms with E-state index in [-0.39, 0.29) is 30.9 Å². The summed E-state index contributed by atoms with van der Waals surface area (Å²) in [6.07, 6.45) is 2.12. The van der Waals surface area contributed by atoms with Gasteiger partial charge in [0, 0.05) is 19.5 Å². The molecule has 7 nitrogen and oxygen atoms in total. The fourth-order valence-electron chi connectivity index (χ4n) is 4.23. The fourth-order valence-corrected chi connectivity index (χ4v) is 4.23. The molecule has 2 aliphatic heterocycles. The van der Waals surface area contributed by atoms with Gasteiger partial charge in [-0.15, -0.1) is 0 Å². The number of H-pyrrole nitrogens is 1. The first-order valence-electron chi connectivity index (χ1n) is 9.97. The number of hydrogen-bond acceptors (Lipinski definition) is 4. The molecule has 1 atom stereocenters. The molecular formula is C22H22N4O3. The van der Waals surface area contributed by atoms with E-state index in [1.807, 2.05) is 53.4 Å². The molecule has 5 rings (SSSR count). The van der Waals surface area contributed by atoms with E-state index >= 15 is 0 Å². The van der Waals surface area contributed by atoms with Crippen molar-refractivity contribution >= 4 is 28.5 Å². The molecule has 1 saturated heterocycles. The van der Waals surface area contributed by atoms with E-state index in [1.165, 1.54) is 0 Å². The Morgan fingerprint density at radius 1 is 1.17 bits per heavy atom. The molecule has 1 aromatic heterocycles. The zero-order chi connectivity index (χ0) is 19.8. The number of nitrogens with zero attached hydrogens (tertiary/aromatic N) is 3. The number of nitrogens with one attached hydrogen (secondary N) is 1. The molecule has 29 heavy (non-hydrogen) atoms. The van der Waals surface area contributed by atoms with Crippen molar-refractivity contribution in [3.8, 4) is 5.75 Å². The highest BCUT2D eigenvalue weighted by atomic mass is 16.5. The zero-order valence-electron chi connectivity index (χ0n) is 16.0. The molecule has 0 radical (unpaired) electrons. The van der Waals surface area contributed by atoms with E-state index in [1.54, 1.807) is 4.90 Å². The van der Waals surface area contributed by atoms with Crippen LogP contribution in [0.5, 0.6) is 5.75 Å². The Bertz CT molecular complexity index is 1040. The highest BCUT2D eigenvalue weighted by Crippen LogP contribution is 2.34. The van der Waals surface area contributed by atoms with Crippen LogP contribution in [0.4, 0.5) is 5.69 Å². The van der Waals surface area contributed by atoms with Gasteiger partial charge in [0.05, 0.1) is 22.8 Å². The van der Waals surface area contributed by atoms with Gasteiger partial charge >= 0.3 is 0 Å². The van der Waals surface area contributed by atoms with Crippen LogP contribution >= 0.6 is 0 Å². The van der Waals surface area contributed by atoms with Crippen molar-refractivity contribution in [2.45, 2.75) is 25.3 Å². The number of para-hydroxylation sites is 4. The summed E-state index contributed by atoms with van der Waals surface area (Å²) in [4.78, 5) is 37.0. The highest BCUT2D eigenvalue weighted by molar-refractivity contribution is 5.98. The third-order valence-electron chi connectivity index (χ3n) is 5.65. The molecule has 3 aromatic rings. The largest absolute Gasteiger partial charge is 0.482 e. The number of carbonyl (C=O) groups excluding carboxylic acids is 2. The lowest BCUT2D eigenvalue weighted by molar-refractivity contribution is -0.132. The average molecular weight is 390 g/mol. The maximum absolute atomic E-state index is 13.0. The Morgan fingerprint density at radius 3 is 2.90 bits per heavy atom. The molecule has 0 aliphatic carbocycles. The Morgan fingerprint density at radius 2 is 2.00 bits per heavy atom. The van der Waals surface area contributed by atoms with Crippen LogP contribution in [0.3, 0.4) is 0 Å².